The van der Waals surface area contributed by atoms with Crippen LogP contribution in [-0.4, -0.2) is 32.2 Å². The van der Waals surface area contributed by atoms with Crippen LogP contribution in [0.25, 0.3) is 21.2 Å². The predicted octanol–water partition coefficient (Wildman–Crippen LogP) is 4.91. The van der Waals surface area contributed by atoms with Crippen LogP contribution in [-0.2, 0) is 19.4 Å². The first-order valence-electron chi connectivity index (χ1n) is 10.8. The van der Waals surface area contributed by atoms with Gasteiger partial charge in [-0.25, -0.2) is 0 Å². The Hall–Kier alpha value is -3.92. The number of fused-ring (bicyclic) bond motifs is 2. The SMILES string of the molecule is COc1cc2c(cc1OC)C(CN=[N+]=[N-])N(Cc1ccc3c(CC#N)c(N)ccc3c1)CC2. The predicted molar refractivity (Wildman–Crippen MR) is 128 cm³/mol. The average molecular weight is 443 g/mol. The normalized spacial score (nSPS) is 15.4. The summed E-state index contributed by atoms with van der Waals surface area (Å²) in [6.45, 7) is 1.86. The Kier molecular flexibility index (Phi) is 6.55. The van der Waals surface area contributed by atoms with Crippen molar-refractivity contribution in [1.29, 1.82) is 5.26 Å². The van der Waals surface area contributed by atoms with Gasteiger partial charge >= 0.3 is 0 Å². The minimum atomic E-state index is -0.0688. The van der Waals surface area contributed by atoms with Gasteiger partial charge in [0.2, 0.25) is 0 Å². The van der Waals surface area contributed by atoms with Crippen LogP contribution in [0, 0.1) is 11.3 Å². The Morgan fingerprint density at radius 3 is 2.70 bits per heavy atom. The molecule has 0 aromatic heterocycles. The molecule has 8 nitrogen and oxygen atoms in total. The maximum atomic E-state index is 9.16. The summed E-state index contributed by atoms with van der Waals surface area (Å²) in [5.74, 6) is 1.37. The zero-order valence-corrected chi connectivity index (χ0v) is 18.8. The van der Waals surface area contributed by atoms with Crippen LogP contribution >= 0.6 is 0 Å². The van der Waals surface area contributed by atoms with E-state index >= 15 is 0 Å². The van der Waals surface area contributed by atoms with Crippen molar-refractivity contribution < 1.29 is 9.47 Å². The molecule has 3 aromatic carbocycles. The average Bonchev–Trinajstić information content (AvgIpc) is 2.84. The molecule has 0 amide bonds. The number of hydrogen-bond acceptors (Lipinski definition) is 6. The number of ether oxygens (including phenoxy) is 2. The van der Waals surface area contributed by atoms with Gasteiger partial charge in [0, 0.05) is 36.3 Å². The zero-order valence-electron chi connectivity index (χ0n) is 18.8. The van der Waals surface area contributed by atoms with E-state index in [1.165, 1.54) is 5.56 Å². The van der Waals surface area contributed by atoms with Crippen LogP contribution in [0.1, 0.15) is 28.3 Å². The Morgan fingerprint density at radius 2 is 1.97 bits per heavy atom. The minimum Gasteiger partial charge on any atom is -0.493 e. The highest BCUT2D eigenvalue weighted by molar-refractivity contribution is 5.90. The third kappa shape index (κ3) is 4.37. The fraction of sp³-hybridized carbons (Fsp3) is 0.320. The van der Waals surface area contributed by atoms with E-state index in [9.17, 15) is 0 Å². The molecule has 0 radical (unpaired) electrons. The number of nitrogens with two attached hydrogens (primary N) is 1. The summed E-state index contributed by atoms with van der Waals surface area (Å²) in [6, 6.07) is 16.3. The van der Waals surface area contributed by atoms with E-state index in [0.717, 1.165) is 40.4 Å². The molecule has 0 aliphatic carbocycles. The first-order valence-corrected chi connectivity index (χ1v) is 10.8. The van der Waals surface area contributed by atoms with Crippen LogP contribution in [0.15, 0.2) is 47.6 Å². The fourth-order valence-corrected chi connectivity index (χ4v) is 4.67. The number of azide groups is 1. The van der Waals surface area contributed by atoms with Gasteiger partial charge in [0.1, 0.15) is 0 Å². The van der Waals surface area contributed by atoms with Crippen LogP contribution in [0.5, 0.6) is 11.5 Å². The smallest absolute Gasteiger partial charge is 0.161 e. The van der Waals surface area contributed by atoms with Crippen molar-refractivity contribution in [1.82, 2.24) is 4.90 Å². The molecule has 0 spiro atoms. The van der Waals surface area contributed by atoms with Crippen LogP contribution in [0.2, 0.25) is 0 Å². The Bertz CT molecular complexity index is 1280. The third-order valence-electron chi connectivity index (χ3n) is 6.30. The van der Waals surface area contributed by atoms with Gasteiger partial charge in [-0.2, -0.15) is 5.26 Å². The number of nitrogens with zero attached hydrogens (tertiary/aromatic N) is 5. The Labute approximate surface area is 192 Å². The maximum absolute atomic E-state index is 9.16. The highest BCUT2D eigenvalue weighted by Crippen LogP contribution is 2.39. The quantitative estimate of drug-likeness (QED) is 0.241. The highest BCUT2D eigenvalue weighted by Gasteiger charge is 2.29. The molecular weight excluding hydrogens is 416 g/mol. The van der Waals surface area contributed by atoms with Gasteiger partial charge in [-0.3, -0.25) is 4.90 Å². The lowest BCUT2D eigenvalue weighted by Crippen LogP contribution is -2.36. The minimum absolute atomic E-state index is 0.0688. The molecule has 1 aliphatic rings. The first-order chi connectivity index (χ1) is 16.1. The Balaban J connectivity index is 1.68. The molecule has 0 fully saturated rings. The molecule has 1 aliphatic heterocycles. The monoisotopic (exact) mass is 442 g/mol. The molecule has 8 heteroatoms. The zero-order chi connectivity index (χ0) is 23.4. The summed E-state index contributed by atoms with van der Waals surface area (Å²) >= 11 is 0. The number of hydrogen-bond donors (Lipinski definition) is 1. The second-order valence-corrected chi connectivity index (χ2v) is 8.08. The van der Waals surface area contributed by atoms with Crippen molar-refractivity contribution in [3.8, 4) is 17.6 Å². The summed E-state index contributed by atoms with van der Waals surface area (Å²) in [7, 11) is 3.25. The van der Waals surface area contributed by atoms with E-state index < -0.39 is 0 Å². The van der Waals surface area contributed by atoms with Gasteiger partial charge in [0.05, 0.1) is 26.7 Å². The van der Waals surface area contributed by atoms with Gasteiger partial charge < -0.3 is 15.2 Å². The van der Waals surface area contributed by atoms with Crippen molar-refractivity contribution in [2.24, 2.45) is 5.11 Å². The number of methoxy groups -OCH3 is 2. The third-order valence-corrected chi connectivity index (χ3v) is 6.30. The summed E-state index contributed by atoms with van der Waals surface area (Å²) in [4.78, 5) is 5.33. The summed E-state index contributed by atoms with van der Waals surface area (Å²) in [6.07, 6.45) is 1.14. The molecular formula is C25H26N6O2. The van der Waals surface area contributed by atoms with Crippen molar-refractivity contribution in [2.75, 3.05) is 33.0 Å². The van der Waals surface area contributed by atoms with E-state index in [-0.39, 0.29) is 12.5 Å². The van der Waals surface area contributed by atoms with E-state index in [4.69, 9.17) is 26.0 Å². The molecule has 4 rings (SSSR count). The first kappa shape index (κ1) is 22.3. The van der Waals surface area contributed by atoms with Gasteiger partial charge in [0.15, 0.2) is 11.5 Å². The lowest BCUT2D eigenvalue weighted by Gasteiger charge is -2.37. The molecule has 2 N–H and O–H groups in total. The maximum Gasteiger partial charge on any atom is 0.161 e. The lowest BCUT2D eigenvalue weighted by molar-refractivity contribution is 0.180. The second-order valence-electron chi connectivity index (χ2n) is 8.08. The summed E-state index contributed by atoms with van der Waals surface area (Å²) in [5, 5.41) is 15.1. The molecule has 0 bridgehead atoms. The van der Waals surface area contributed by atoms with Gasteiger partial charge in [0.25, 0.3) is 0 Å². The van der Waals surface area contributed by atoms with E-state index in [2.05, 4.69) is 33.1 Å². The molecule has 1 unspecified atom stereocenters. The molecule has 1 atom stereocenters. The van der Waals surface area contributed by atoms with Crippen LogP contribution in [0.4, 0.5) is 5.69 Å². The lowest BCUT2D eigenvalue weighted by atomic mass is 9.91. The van der Waals surface area contributed by atoms with Gasteiger partial charge in [-0.15, -0.1) is 0 Å². The largest absolute Gasteiger partial charge is 0.493 e. The molecule has 0 saturated heterocycles. The molecule has 3 aromatic rings. The Morgan fingerprint density at radius 1 is 1.18 bits per heavy atom. The number of anilines is 1. The summed E-state index contributed by atoms with van der Waals surface area (Å²) < 4.78 is 11.0. The van der Waals surface area contributed by atoms with Crippen molar-refractivity contribution in [2.45, 2.75) is 25.4 Å². The van der Waals surface area contributed by atoms with Crippen molar-refractivity contribution >= 4 is 16.5 Å². The molecule has 1 heterocycles. The van der Waals surface area contributed by atoms with Gasteiger partial charge in [-0.1, -0.05) is 23.3 Å². The summed E-state index contributed by atoms with van der Waals surface area (Å²) in [5.41, 5.74) is 20.0. The van der Waals surface area contributed by atoms with Crippen LogP contribution in [0.3, 0.4) is 0 Å². The second kappa shape index (κ2) is 9.70. The highest BCUT2D eigenvalue weighted by atomic mass is 16.5. The van der Waals surface area contributed by atoms with E-state index in [1.807, 2.05) is 30.3 Å². The number of nitriles is 1. The molecule has 168 valence electrons. The van der Waals surface area contributed by atoms with E-state index in [1.54, 1.807) is 14.2 Å². The van der Waals surface area contributed by atoms with Crippen molar-refractivity contribution in [3.05, 3.63) is 75.2 Å². The fourth-order valence-electron chi connectivity index (χ4n) is 4.67. The molecule has 0 saturated carbocycles. The van der Waals surface area contributed by atoms with Crippen LogP contribution < -0.4 is 15.2 Å². The number of benzene rings is 3. The van der Waals surface area contributed by atoms with Gasteiger partial charge in [-0.05, 0) is 69.2 Å². The topological polar surface area (TPSA) is 120 Å². The standard InChI is InChI=1S/C25H26N6O2/c1-32-24-12-18-8-10-31(23(14-29-30-28)21(18)13-25(24)33-2)15-16-3-5-19-17(11-16)4-6-22(27)20(19)7-9-26/h3-6,11-13,23H,7-8,10,14-15,27H2,1-2H3. The number of nitrogen functional groups attached to an aromatic ring is 1. The van der Waals surface area contributed by atoms with Crippen molar-refractivity contribution in [3.63, 3.8) is 0 Å². The molecule has 33 heavy (non-hydrogen) atoms. The van der Waals surface area contributed by atoms with E-state index in [0.29, 0.717) is 30.3 Å². The number of rotatable bonds is 7.